The van der Waals surface area contributed by atoms with Crippen LogP contribution in [0.25, 0.3) is 0 Å². The Bertz CT molecular complexity index is 189. The topological polar surface area (TPSA) is 21.3 Å². The molecule has 0 heterocycles. The van der Waals surface area contributed by atoms with Gasteiger partial charge >= 0.3 is 0 Å². The van der Waals surface area contributed by atoms with E-state index in [1.54, 1.807) is 0 Å². The summed E-state index contributed by atoms with van der Waals surface area (Å²) in [7, 11) is 1.86. The molecule has 0 aromatic carbocycles. The average molecular weight is 225 g/mol. The van der Waals surface area contributed by atoms with Crippen molar-refractivity contribution < 1.29 is 4.74 Å². The highest BCUT2D eigenvalue weighted by atomic mass is 16.5. The monoisotopic (exact) mass is 225 g/mol. The van der Waals surface area contributed by atoms with Crippen LogP contribution in [-0.4, -0.2) is 25.8 Å². The zero-order valence-corrected chi connectivity index (χ0v) is 10.8. The summed E-state index contributed by atoms with van der Waals surface area (Å²) in [4.78, 5) is 0. The summed E-state index contributed by atoms with van der Waals surface area (Å²) in [5, 5.41) is 3.60. The normalized spacial score (nSPS) is 25.3. The lowest BCUT2D eigenvalue weighted by Gasteiger charge is -2.40. The number of hydrogen-bond acceptors (Lipinski definition) is 2. The molecule has 2 aliphatic rings. The second-order valence-corrected chi connectivity index (χ2v) is 5.71. The summed E-state index contributed by atoms with van der Waals surface area (Å²) in [5.41, 5.74) is 0.201. The van der Waals surface area contributed by atoms with Crippen LogP contribution in [-0.2, 0) is 4.74 Å². The molecule has 2 saturated carbocycles. The molecule has 2 fully saturated rings. The highest BCUT2D eigenvalue weighted by molar-refractivity contribution is 4.91. The lowest BCUT2D eigenvalue weighted by molar-refractivity contribution is -0.0693. The van der Waals surface area contributed by atoms with Crippen molar-refractivity contribution in [2.45, 2.75) is 63.4 Å². The van der Waals surface area contributed by atoms with Crippen molar-refractivity contribution in [1.29, 1.82) is 0 Å². The summed E-state index contributed by atoms with van der Waals surface area (Å²) in [6, 6.07) is 0. The molecule has 0 radical (unpaired) electrons. The van der Waals surface area contributed by atoms with E-state index in [1.165, 1.54) is 64.3 Å². The molecule has 0 aliphatic heterocycles. The van der Waals surface area contributed by atoms with Gasteiger partial charge in [-0.05, 0) is 38.1 Å². The fourth-order valence-corrected chi connectivity index (χ4v) is 3.12. The molecule has 1 N–H and O–H groups in total. The first-order valence-corrected chi connectivity index (χ1v) is 7.10. The molecule has 94 valence electrons. The van der Waals surface area contributed by atoms with E-state index in [-0.39, 0.29) is 5.60 Å². The van der Waals surface area contributed by atoms with Gasteiger partial charge in [-0.3, -0.25) is 0 Å². The summed E-state index contributed by atoms with van der Waals surface area (Å²) < 4.78 is 5.60. The van der Waals surface area contributed by atoms with Gasteiger partial charge in [-0.25, -0.2) is 0 Å². The number of hydrogen-bond donors (Lipinski definition) is 1. The van der Waals surface area contributed by atoms with Gasteiger partial charge in [0.1, 0.15) is 0 Å². The van der Waals surface area contributed by atoms with Crippen LogP contribution in [0.2, 0.25) is 0 Å². The Morgan fingerprint density at radius 1 is 1.12 bits per heavy atom. The molecule has 0 atom stereocenters. The quantitative estimate of drug-likeness (QED) is 0.701. The molecule has 2 heteroatoms. The number of nitrogens with one attached hydrogen (secondary N) is 1. The van der Waals surface area contributed by atoms with Gasteiger partial charge in [0.05, 0.1) is 5.60 Å². The first-order valence-electron chi connectivity index (χ1n) is 7.10. The summed E-state index contributed by atoms with van der Waals surface area (Å²) in [6.07, 6.45) is 12.6. The van der Waals surface area contributed by atoms with Crippen LogP contribution >= 0.6 is 0 Å². The molecule has 0 unspecified atom stereocenters. The SMILES string of the molecule is COC1(CNCCC2CCCCC2)CCC1. The number of rotatable bonds is 6. The van der Waals surface area contributed by atoms with Crippen molar-refractivity contribution in [3.63, 3.8) is 0 Å². The molecule has 0 amide bonds. The maximum absolute atomic E-state index is 5.60. The molecule has 2 aliphatic carbocycles. The fraction of sp³-hybridized carbons (Fsp3) is 1.00. The van der Waals surface area contributed by atoms with Gasteiger partial charge in [0.25, 0.3) is 0 Å². The first-order chi connectivity index (χ1) is 7.85. The summed E-state index contributed by atoms with van der Waals surface area (Å²) in [6.45, 7) is 2.26. The van der Waals surface area contributed by atoms with E-state index in [2.05, 4.69) is 5.32 Å². The third kappa shape index (κ3) is 3.21. The van der Waals surface area contributed by atoms with Gasteiger partial charge in [-0.15, -0.1) is 0 Å². The first kappa shape index (κ1) is 12.4. The van der Waals surface area contributed by atoms with Gasteiger partial charge in [0, 0.05) is 13.7 Å². The van der Waals surface area contributed by atoms with Crippen molar-refractivity contribution in [2.24, 2.45) is 5.92 Å². The second kappa shape index (κ2) is 6.02. The average Bonchev–Trinajstić information content (AvgIpc) is 2.29. The van der Waals surface area contributed by atoms with E-state index in [0.29, 0.717) is 0 Å². The van der Waals surface area contributed by atoms with Gasteiger partial charge < -0.3 is 10.1 Å². The molecular formula is C14H27NO. The summed E-state index contributed by atoms with van der Waals surface area (Å²) in [5.74, 6) is 1.00. The van der Waals surface area contributed by atoms with E-state index in [1.807, 2.05) is 7.11 Å². The van der Waals surface area contributed by atoms with Crippen molar-refractivity contribution in [2.75, 3.05) is 20.2 Å². The molecule has 0 aromatic heterocycles. The Morgan fingerprint density at radius 3 is 2.44 bits per heavy atom. The maximum atomic E-state index is 5.60. The van der Waals surface area contributed by atoms with E-state index < -0.39 is 0 Å². The second-order valence-electron chi connectivity index (χ2n) is 5.71. The van der Waals surface area contributed by atoms with Crippen LogP contribution in [0, 0.1) is 5.92 Å². The van der Waals surface area contributed by atoms with E-state index >= 15 is 0 Å². The highest BCUT2D eigenvalue weighted by Gasteiger charge is 2.36. The Labute approximate surface area is 100 Å². The Hall–Kier alpha value is -0.0800. The van der Waals surface area contributed by atoms with Crippen LogP contribution in [0.1, 0.15) is 57.8 Å². The smallest absolute Gasteiger partial charge is 0.0802 e. The van der Waals surface area contributed by atoms with Crippen LogP contribution in [0.15, 0.2) is 0 Å². The lowest BCUT2D eigenvalue weighted by Crippen LogP contribution is -2.48. The Balaban J connectivity index is 1.54. The largest absolute Gasteiger partial charge is 0.377 e. The van der Waals surface area contributed by atoms with Crippen molar-refractivity contribution in [3.05, 3.63) is 0 Å². The predicted molar refractivity (Wildman–Crippen MR) is 67.7 cm³/mol. The molecule has 0 spiro atoms. The van der Waals surface area contributed by atoms with Crippen molar-refractivity contribution >= 4 is 0 Å². The number of methoxy groups -OCH3 is 1. The van der Waals surface area contributed by atoms with Crippen LogP contribution in [0.3, 0.4) is 0 Å². The third-order valence-corrected chi connectivity index (χ3v) is 4.60. The maximum Gasteiger partial charge on any atom is 0.0802 e. The molecule has 0 bridgehead atoms. The number of ether oxygens (including phenoxy) is 1. The predicted octanol–water partition coefficient (Wildman–Crippen LogP) is 3.12. The van der Waals surface area contributed by atoms with Crippen molar-refractivity contribution in [1.82, 2.24) is 5.32 Å². The molecule has 16 heavy (non-hydrogen) atoms. The Morgan fingerprint density at radius 2 is 1.88 bits per heavy atom. The minimum Gasteiger partial charge on any atom is -0.377 e. The molecule has 2 nitrogen and oxygen atoms in total. The van der Waals surface area contributed by atoms with E-state index in [9.17, 15) is 0 Å². The standard InChI is InChI=1S/C14H27NO/c1-16-14(9-5-10-14)12-15-11-8-13-6-3-2-4-7-13/h13,15H,2-12H2,1H3. The fourth-order valence-electron chi connectivity index (χ4n) is 3.12. The van der Waals surface area contributed by atoms with Crippen LogP contribution in [0.4, 0.5) is 0 Å². The lowest BCUT2D eigenvalue weighted by atomic mass is 9.80. The van der Waals surface area contributed by atoms with Gasteiger partial charge in [0.2, 0.25) is 0 Å². The molecule has 2 rings (SSSR count). The highest BCUT2D eigenvalue weighted by Crippen LogP contribution is 2.34. The van der Waals surface area contributed by atoms with E-state index in [4.69, 9.17) is 4.74 Å². The zero-order chi connectivity index (χ0) is 11.3. The van der Waals surface area contributed by atoms with Crippen LogP contribution < -0.4 is 5.32 Å². The van der Waals surface area contributed by atoms with Gasteiger partial charge in [-0.2, -0.15) is 0 Å². The van der Waals surface area contributed by atoms with Crippen LogP contribution in [0.5, 0.6) is 0 Å². The third-order valence-electron chi connectivity index (χ3n) is 4.60. The summed E-state index contributed by atoms with van der Waals surface area (Å²) >= 11 is 0. The minimum absolute atomic E-state index is 0.201. The Kier molecular flexibility index (Phi) is 4.66. The minimum atomic E-state index is 0.201. The van der Waals surface area contributed by atoms with Gasteiger partial charge in [0.15, 0.2) is 0 Å². The molecule has 0 saturated heterocycles. The van der Waals surface area contributed by atoms with Crippen molar-refractivity contribution in [3.8, 4) is 0 Å². The zero-order valence-electron chi connectivity index (χ0n) is 10.8. The van der Waals surface area contributed by atoms with Gasteiger partial charge in [-0.1, -0.05) is 32.1 Å². The van der Waals surface area contributed by atoms with E-state index in [0.717, 1.165) is 12.5 Å². The molecule has 0 aromatic rings. The molecular weight excluding hydrogens is 198 g/mol.